The third-order valence-corrected chi connectivity index (χ3v) is 5.05. The zero-order valence-electron chi connectivity index (χ0n) is 14.2. The van der Waals surface area contributed by atoms with Gasteiger partial charge < -0.3 is 11.1 Å². The Labute approximate surface area is 156 Å². The Kier molecular flexibility index (Phi) is 5.29. The van der Waals surface area contributed by atoms with E-state index < -0.39 is 11.6 Å². The number of nitrogens with one attached hydrogen (secondary N) is 1. The Hall–Kier alpha value is -1.99. The van der Waals surface area contributed by atoms with E-state index in [1.165, 1.54) is 6.07 Å². The van der Waals surface area contributed by atoms with E-state index in [1.807, 2.05) is 0 Å². The van der Waals surface area contributed by atoms with Gasteiger partial charge in [0.25, 0.3) is 5.91 Å². The molecule has 2 aliphatic carbocycles. The van der Waals surface area contributed by atoms with E-state index in [-0.39, 0.29) is 24.4 Å². The first-order chi connectivity index (χ1) is 12.1. The van der Waals surface area contributed by atoms with Gasteiger partial charge >= 0.3 is 0 Å². The maximum Gasteiger partial charge on any atom is 0.272 e. The molecule has 1 amide bonds. The number of halogens is 3. The molecule has 1 saturated carbocycles. The SMILES string of the molecule is Cl.NCC(NC(=O)c1nn(-c2ccc(F)c(F)c2)c2c1CCC2)C1CC1. The summed E-state index contributed by atoms with van der Waals surface area (Å²) in [4.78, 5) is 12.7. The number of aromatic nitrogens is 2. The highest BCUT2D eigenvalue weighted by Crippen LogP contribution is 2.33. The van der Waals surface area contributed by atoms with E-state index in [4.69, 9.17) is 5.73 Å². The van der Waals surface area contributed by atoms with Gasteiger partial charge in [0.05, 0.1) is 5.69 Å². The topological polar surface area (TPSA) is 72.9 Å². The number of amides is 1. The van der Waals surface area contributed by atoms with Gasteiger partial charge in [0.1, 0.15) is 0 Å². The Bertz CT molecular complexity index is 835. The number of fused-ring (bicyclic) bond motifs is 1. The van der Waals surface area contributed by atoms with Crippen LogP contribution in [-0.4, -0.2) is 28.3 Å². The highest BCUT2D eigenvalue weighted by Gasteiger charge is 2.33. The van der Waals surface area contributed by atoms with Crippen molar-refractivity contribution in [3.63, 3.8) is 0 Å². The van der Waals surface area contributed by atoms with Crippen molar-refractivity contribution in [3.05, 3.63) is 46.8 Å². The van der Waals surface area contributed by atoms with Crippen molar-refractivity contribution >= 4 is 18.3 Å². The largest absolute Gasteiger partial charge is 0.346 e. The summed E-state index contributed by atoms with van der Waals surface area (Å²) >= 11 is 0. The van der Waals surface area contributed by atoms with Gasteiger partial charge in [-0.2, -0.15) is 5.10 Å². The van der Waals surface area contributed by atoms with E-state index in [0.29, 0.717) is 23.8 Å². The minimum absolute atomic E-state index is 0. The van der Waals surface area contributed by atoms with Gasteiger partial charge in [0.2, 0.25) is 0 Å². The molecule has 1 atom stereocenters. The predicted molar refractivity (Wildman–Crippen MR) is 95.8 cm³/mol. The summed E-state index contributed by atoms with van der Waals surface area (Å²) in [6.45, 7) is 0.405. The van der Waals surface area contributed by atoms with E-state index >= 15 is 0 Å². The van der Waals surface area contributed by atoms with Crippen molar-refractivity contribution < 1.29 is 13.6 Å². The van der Waals surface area contributed by atoms with Crippen LogP contribution in [0.1, 0.15) is 41.0 Å². The van der Waals surface area contributed by atoms with E-state index in [0.717, 1.165) is 55.5 Å². The van der Waals surface area contributed by atoms with Crippen LogP contribution >= 0.6 is 12.4 Å². The molecule has 26 heavy (non-hydrogen) atoms. The highest BCUT2D eigenvalue weighted by atomic mass is 35.5. The fourth-order valence-corrected chi connectivity index (χ4v) is 3.55. The number of carbonyl (C=O) groups excluding carboxylic acids is 1. The summed E-state index contributed by atoms with van der Waals surface area (Å²) in [6, 6.07) is 3.62. The highest BCUT2D eigenvalue weighted by molar-refractivity contribution is 5.94. The standard InChI is InChI=1S/C18H20F2N4O.ClH/c19-13-7-6-11(8-14(13)20)24-16-3-1-2-12(16)17(23-24)18(25)22-15(9-21)10-4-5-10;/h6-8,10,15H,1-5,9,21H2,(H,22,25);1H. The van der Waals surface area contributed by atoms with Crippen LogP contribution in [0, 0.1) is 17.6 Å². The fourth-order valence-electron chi connectivity index (χ4n) is 3.55. The molecule has 0 aliphatic heterocycles. The maximum atomic E-state index is 13.6. The van der Waals surface area contributed by atoms with Crippen molar-refractivity contribution in [2.24, 2.45) is 11.7 Å². The number of carbonyl (C=O) groups is 1. The Balaban J connectivity index is 0.00000196. The second kappa shape index (κ2) is 7.32. The minimum Gasteiger partial charge on any atom is -0.346 e. The van der Waals surface area contributed by atoms with Crippen LogP contribution in [0.25, 0.3) is 5.69 Å². The summed E-state index contributed by atoms with van der Waals surface area (Å²) in [7, 11) is 0. The molecule has 1 heterocycles. The minimum atomic E-state index is -0.928. The molecule has 1 fully saturated rings. The van der Waals surface area contributed by atoms with E-state index in [2.05, 4.69) is 10.4 Å². The molecular formula is C18H21ClF2N4O. The van der Waals surface area contributed by atoms with Crippen molar-refractivity contribution in [1.82, 2.24) is 15.1 Å². The average Bonchev–Trinajstić information content (AvgIpc) is 3.21. The smallest absolute Gasteiger partial charge is 0.272 e. The van der Waals surface area contributed by atoms with Gasteiger partial charge in [0, 0.05) is 29.9 Å². The van der Waals surface area contributed by atoms with Crippen LogP contribution in [0.15, 0.2) is 18.2 Å². The van der Waals surface area contributed by atoms with Gasteiger partial charge in [-0.1, -0.05) is 0 Å². The lowest BCUT2D eigenvalue weighted by Gasteiger charge is -2.15. The molecule has 4 rings (SSSR count). The van der Waals surface area contributed by atoms with Crippen LogP contribution in [0.3, 0.4) is 0 Å². The van der Waals surface area contributed by atoms with Crippen molar-refractivity contribution in [3.8, 4) is 5.69 Å². The van der Waals surface area contributed by atoms with Crippen molar-refractivity contribution in [2.75, 3.05) is 6.54 Å². The maximum absolute atomic E-state index is 13.6. The first-order valence-corrected chi connectivity index (χ1v) is 8.65. The van der Waals surface area contributed by atoms with Crippen LogP contribution in [0.5, 0.6) is 0 Å². The van der Waals surface area contributed by atoms with Crippen molar-refractivity contribution in [2.45, 2.75) is 38.1 Å². The summed E-state index contributed by atoms with van der Waals surface area (Å²) in [6.07, 6.45) is 4.61. The van der Waals surface area contributed by atoms with E-state index in [1.54, 1.807) is 4.68 Å². The molecule has 8 heteroatoms. The molecule has 1 aromatic heterocycles. The van der Waals surface area contributed by atoms with Crippen LogP contribution < -0.4 is 11.1 Å². The summed E-state index contributed by atoms with van der Waals surface area (Å²) in [5.41, 5.74) is 8.35. The van der Waals surface area contributed by atoms with Gasteiger partial charge in [-0.05, 0) is 50.2 Å². The molecule has 0 bridgehead atoms. The third-order valence-electron chi connectivity index (χ3n) is 5.05. The van der Waals surface area contributed by atoms with Crippen LogP contribution in [-0.2, 0) is 12.8 Å². The second-order valence-electron chi connectivity index (χ2n) is 6.79. The lowest BCUT2D eigenvalue weighted by atomic mass is 10.1. The number of hydrogen-bond acceptors (Lipinski definition) is 3. The third kappa shape index (κ3) is 3.33. The van der Waals surface area contributed by atoms with Gasteiger partial charge in [-0.3, -0.25) is 4.79 Å². The molecule has 1 unspecified atom stereocenters. The molecule has 0 radical (unpaired) electrons. The molecular weight excluding hydrogens is 362 g/mol. The molecule has 2 aromatic rings. The first-order valence-electron chi connectivity index (χ1n) is 8.65. The summed E-state index contributed by atoms with van der Waals surface area (Å²) < 4.78 is 28.4. The normalized spacial score (nSPS) is 16.7. The van der Waals surface area contributed by atoms with Crippen LogP contribution in [0.4, 0.5) is 8.78 Å². The zero-order valence-corrected chi connectivity index (χ0v) is 15.0. The zero-order chi connectivity index (χ0) is 17.6. The number of nitrogens with two attached hydrogens (primary N) is 1. The second-order valence-corrected chi connectivity index (χ2v) is 6.79. The fraction of sp³-hybridized carbons (Fsp3) is 0.444. The van der Waals surface area contributed by atoms with Gasteiger partial charge in [-0.25, -0.2) is 13.5 Å². The monoisotopic (exact) mass is 382 g/mol. The molecule has 0 saturated heterocycles. The van der Waals surface area contributed by atoms with Gasteiger partial charge in [-0.15, -0.1) is 12.4 Å². The quantitative estimate of drug-likeness (QED) is 0.834. The molecule has 2 aliphatic rings. The number of benzene rings is 1. The van der Waals surface area contributed by atoms with Gasteiger partial charge in [0.15, 0.2) is 17.3 Å². The lowest BCUT2D eigenvalue weighted by molar-refractivity contribution is 0.0927. The van der Waals surface area contributed by atoms with Crippen LogP contribution in [0.2, 0.25) is 0 Å². The number of rotatable bonds is 5. The predicted octanol–water partition coefficient (Wildman–Crippen LogP) is 2.53. The summed E-state index contributed by atoms with van der Waals surface area (Å²) in [5, 5.41) is 7.40. The first kappa shape index (κ1) is 18.8. The summed E-state index contributed by atoms with van der Waals surface area (Å²) in [5.74, 6) is -1.61. The lowest BCUT2D eigenvalue weighted by Crippen LogP contribution is -2.42. The molecule has 0 spiro atoms. The number of hydrogen-bond donors (Lipinski definition) is 2. The average molecular weight is 383 g/mol. The Morgan fingerprint density at radius 2 is 2.08 bits per heavy atom. The molecule has 1 aromatic carbocycles. The molecule has 140 valence electrons. The van der Waals surface area contributed by atoms with E-state index in [9.17, 15) is 13.6 Å². The molecule has 3 N–H and O–H groups in total. The number of nitrogens with zero attached hydrogens (tertiary/aromatic N) is 2. The Morgan fingerprint density at radius 1 is 1.31 bits per heavy atom. The molecule has 5 nitrogen and oxygen atoms in total. The Morgan fingerprint density at radius 3 is 2.73 bits per heavy atom. The van der Waals surface area contributed by atoms with Crippen molar-refractivity contribution in [1.29, 1.82) is 0 Å².